The zero-order valence-electron chi connectivity index (χ0n) is 13.5. The van der Waals surface area contributed by atoms with Crippen molar-refractivity contribution in [2.45, 2.75) is 6.92 Å². The van der Waals surface area contributed by atoms with Crippen LogP contribution >= 0.6 is 0 Å². The number of hydrogen-bond acceptors (Lipinski definition) is 4. The molecule has 0 spiro atoms. The average Bonchev–Trinajstić information content (AvgIpc) is 2.60. The first-order valence-corrected chi connectivity index (χ1v) is 7.35. The summed E-state index contributed by atoms with van der Waals surface area (Å²) in [5.74, 6) is 1.71. The van der Waals surface area contributed by atoms with E-state index in [-0.39, 0.29) is 5.78 Å². The van der Waals surface area contributed by atoms with Gasteiger partial charge in [0.05, 0.1) is 26.4 Å². The Balaban J connectivity index is 2.28. The molecule has 0 unspecified atom stereocenters. The molecule has 0 saturated carbocycles. The first-order valence-electron chi connectivity index (χ1n) is 7.35. The highest BCUT2D eigenvalue weighted by Gasteiger charge is 2.11. The second kappa shape index (κ2) is 8.03. The van der Waals surface area contributed by atoms with Crippen LogP contribution in [0.15, 0.2) is 48.5 Å². The Bertz CT molecular complexity index is 704. The minimum atomic E-state index is -0.160. The number of para-hydroxylation sites is 1. The van der Waals surface area contributed by atoms with Crippen molar-refractivity contribution in [3.63, 3.8) is 0 Å². The Morgan fingerprint density at radius 1 is 1.04 bits per heavy atom. The molecule has 0 N–H and O–H groups in total. The van der Waals surface area contributed by atoms with Crippen LogP contribution in [0, 0.1) is 0 Å². The molecule has 2 aromatic carbocycles. The normalized spacial score (nSPS) is 10.6. The highest BCUT2D eigenvalue weighted by Crippen LogP contribution is 2.25. The van der Waals surface area contributed by atoms with E-state index in [0.717, 1.165) is 11.3 Å². The van der Waals surface area contributed by atoms with Crippen LogP contribution in [-0.2, 0) is 0 Å². The van der Waals surface area contributed by atoms with Crippen molar-refractivity contribution in [2.75, 3.05) is 20.8 Å². The molecule has 0 heterocycles. The first-order chi connectivity index (χ1) is 11.2. The third-order valence-corrected chi connectivity index (χ3v) is 3.31. The summed E-state index contributed by atoms with van der Waals surface area (Å²) in [6.07, 6.45) is 3.25. The quantitative estimate of drug-likeness (QED) is 0.572. The van der Waals surface area contributed by atoms with Gasteiger partial charge in [0.1, 0.15) is 17.2 Å². The summed E-state index contributed by atoms with van der Waals surface area (Å²) in [5.41, 5.74) is 1.31. The van der Waals surface area contributed by atoms with E-state index in [0.29, 0.717) is 23.7 Å². The van der Waals surface area contributed by atoms with Crippen molar-refractivity contribution >= 4 is 11.9 Å². The number of methoxy groups -OCH3 is 2. The van der Waals surface area contributed by atoms with Gasteiger partial charge in [-0.3, -0.25) is 4.79 Å². The molecular weight excluding hydrogens is 292 g/mol. The summed E-state index contributed by atoms with van der Waals surface area (Å²) in [5, 5.41) is 0. The Labute approximate surface area is 136 Å². The van der Waals surface area contributed by atoms with E-state index in [1.54, 1.807) is 31.4 Å². The van der Waals surface area contributed by atoms with E-state index in [2.05, 4.69) is 0 Å². The molecular formula is C19H20O4. The molecule has 4 nitrogen and oxygen atoms in total. The maximum Gasteiger partial charge on any atom is 0.189 e. The Hall–Kier alpha value is -2.75. The zero-order valence-corrected chi connectivity index (χ0v) is 13.5. The molecule has 0 aliphatic carbocycles. The van der Waals surface area contributed by atoms with Crippen LogP contribution in [0.2, 0.25) is 0 Å². The molecule has 0 saturated heterocycles. The molecule has 0 aliphatic rings. The van der Waals surface area contributed by atoms with Gasteiger partial charge in [0.15, 0.2) is 5.78 Å². The predicted molar refractivity (Wildman–Crippen MR) is 90.5 cm³/mol. The van der Waals surface area contributed by atoms with Gasteiger partial charge in [0.25, 0.3) is 0 Å². The van der Waals surface area contributed by atoms with E-state index < -0.39 is 0 Å². The van der Waals surface area contributed by atoms with Crippen LogP contribution in [-0.4, -0.2) is 26.6 Å². The molecule has 120 valence electrons. The standard InChI is InChI=1S/C19H20O4/c1-4-23-18-8-6-5-7-14(18)9-11-17(20)16-13-15(21-2)10-12-19(16)22-3/h5-13H,4H2,1-3H3/b11-9+. The van der Waals surface area contributed by atoms with Crippen molar-refractivity contribution < 1.29 is 19.0 Å². The van der Waals surface area contributed by atoms with Gasteiger partial charge in [-0.15, -0.1) is 0 Å². The number of rotatable bonds is 7. The van der Waals surface area contributed by atoms with Crippen molar-refractivity contribution in [1.82, 2.24) is 0 Å². The first kappa shape index (κ1) is 16.6. The Morgan fingerprint density at radius 2 is 1.83 bits per heavy atom. The maximum absolute atomic E-state index is 12.5. The van der Waals surface area contributed by atoms with Crippen molar-refractivity contribution in [3.8, 4) is 17.2 Å². The molecule has 4 heteroatoms. The number of carbonyl (C=O) groups is 1. The molecule has 0 aliphatic heterocycles. The smallest absolute Gasteiger partial charge is 0.189 e. The number of carbonyl (C=O) groups excluding carboxylic acids is 1. The third kappa shape index (κ3) is 4.13. The number of allylic oxidation sites excluding steroid dienone is 1. The largest absolute Gasteiger partial charge is 0.497 e. The summed E-state index contributed by atoms with van der Waals surface area (Å²) in [6.45, 7) is 2.50. The second-order valence-corrected chi connectivity index (χ2v) is 4.73. The number of ketones is 1. The van der Waals surface area contributed by atoms with Gasteiger partial charge in [-0.2, -0.15) is 0 Å². The summed E-state index contributed by atoms with van der Waals surface area (Å²) < 4.78 is 16.0. The van der Waals surface area contributed by atoms with Crippen molar-refractivity contribution in [2.24, 2.45) is 0 Å². The van der Waals surface area contributed by atoms with E-state index in [1.807, 2.05) is 31.2 Å². The summed E-state index contributed by atoms with van der Waals surface area (Å²) in [6, 6.07) is 12.7. The lowest BCUT2D eigenvalue weighted by Gasteiger charge is -2.08. The third-order valence-electron chi connectivity index (χ3n) is 3.31. The van der Waals surface area contributed by atoms with E-state index in [4.69, 9.17) is 14.2 Å². The molecule has 0 bridgehead atoms. The monoisotopic (exact) mass is 312 g/mol. The van der Waals surface area contributed by atoms with Gasteiger partial charge in [-0.25, -0.2) is 0 Å². The lowest BCUT2D eigenvalue weighted by molar-refractivity contribution is 0.104. The van der Waals surface area contributed by atoms with Crippen LogP contribution < -0.4 is 14.2 Å². The van der Waals surface area contributed by atoms with Crippen LogP contribution in [0.5, 0.6) is 17.2 Å². The molecule has 0 aromatic heterocycles. The fourth-order valence-corrected chi connectivity index (χ4v) is 2.17. The predicted octanol–water partition coefficient (Wildman–Crippen LogP) is 4.00. The van der Waals surface area contributed by atoms with Gasteiger partial charge in [-0.1, -0.05) is 18.2 Å². The van der Waals surface area contributed by atoms with Gasteiger partial charge < -0.3 is 14.2 Å². The van der Waals surface area contributed by atoms with Crippen LogP contribution in [0.4, 0.5) is 0 Å². The van der Waals surface area contributed by atoms with Crippen LogP contribution in [0.25, 0.3) is 6.08 Å². The number of ether oxygens (including phenoxy) is 3. The lowest BCUT2D eigenvalue weighted by atomic mass is 10.1. The van der Waals surface area contributed by atoms with E-state index in [9.17, 15) is 4.79 Å². The van der Waals surface area contributed by atoms with E-state index >= 15 is 0 Å². The van der Waals surface area contributed by atoms with Crippen molar-refractivity contribution in [1.29, 1.82) is 0 Å². The van der Waals surface area contributed by atoms with E-state index in [1.165, 1.54) is 13.2 Å². The summed E-state index contributed by atoms with van der Waals surface area (Å²) >= 11 is 0. The molecule has 2 rings (SSSR count). The van der Waals surface area contributed by atoms with Crippen LogP contribution in [0.1, 0.15) is 22.8 Å². The topological polar surface area (TPSA) is 44.8 Å². The number of benzene rings is 2. The fraction of sp³-hybridized carbons (Fsp3) is 0.211. The van der Waals surface area contributed by atoms with Crippen molar-refractivity contribution in [3.05, 3.63) is 59.7 Å². The lowest BCUT2D eigenvalue weighted by Crippen LogP contribution is -2.00. The van der Waals surface area contributed by atoms with Crippen LogP contribution in [0.3, 0.4) is 0 Å². The molecule has 0 amide bonds. The second-order valence-electron chi connectivity index (χ2n) is 4.73. The fourth-order valence-electron chi connectivity index (χ4n) is 2.17. The molecule has 0 radical (unpaired) electrons. The molecule has 2 aromatic rings. The molecule has 0 fully saturated rings. The van der Waals surface area contributed by atoms with Gasteiger partial charge >= 0.3 is 0 Å². The van der Waals surface area contributed by atoms with Gasteiger partial charge in [0.2, 0.25) is 0 Å². The molecule has 0 atom stereocenters. The number of hydrogen-bond donors (Lipinski definition) is 0. The minimum Gasteiger partial charge on any atom is -0.497 e. The minimum absolute atomic E-state index is 0.160. The molecule has 23 heavy (non-hydrogen) atoms. The Morgan fingerprint density at radius 3 is 2.52 bits per heavy atom. The zero-order chi connectivity index (χ0) is 16.7. The highest BCUT2D eigenvalue weighted by molar-refractivity contribution is 6.09. The van der Waals surface area contributed by atoms with Gasteiger partial charge in [0, 0.05) is 5.56 Å². The maximum atomic E-state index is 12.5. The van der Waals surface area contributed by atoms with Gasteiger partial charge in [-0.05, 0) is 43.3 Å². The summed E-state index contributed by atoms with van der Waals surface area (Å²) in [7, 11) is 3.09. The average molecular weight is 312 g/mol. The Kier molecular flexibility index (Phi) is 5.80. The SMILES string of the molecule is CCOc1ccccc1/C=C/C(=O)c1cc(OC)ccc1OC. The highest BCUT2D eigenvalue weighted by atomic mass is 16.5. The summed E-state index contributed by atoms with van der Waals surface area (Å²) in [4.78, 5) is 12.5.